The number of hydrogen-bond donors (Lipinski definition) is 1. The third kappa shape index (κ3) is 3.96. The van der Waals surface area contributed by atoms with Crippen LogP contribution in [-0.2, 0) is 7.05 Å². The molecule has 7 rings (SSSR count). The van der Waals surface area contributed by atoms with Crippen LogP contribution in [-0.4, -0.2) is 51.5 Å². The zero-order chi connectivity index (χ0) is 26.0. The van der Waals surface area contributed by atoms with Gasteiger partial charge in [-0.15, -0.1) is 0 Å². The van der Waals surface area contributed by atoms with E-state index in [0.717, 1.165) is 67.4 Å². The standard InChI is InChI=1S/C29H31ClFN5O2/c1-34-27(30)11-22-21(28(34)37)6-3-7-26(22)38-20-13-29(14-20)16-35(17-29)9-8-32-24-12-25-18(10-23(24)31)15-33-36(25)19-4-2-5-19/h3,6-7,10-12,15,19-20,32H,2,4-5,8-9,13-14,16-17H2,1H3. The highest BCUT2D eigenvalue weighted by Crippen LogP contribution is 2.50. The van der Waals surface area contributed by atoms with Crippen molar-refractivity contribution in [2.75, 3.05) is 31.5 Å². The Kier molecular flexibility index (Phi) is 5.67. The van der Waals surface area contributed by atoms with Crippen molar-refractivity contribution in [1.82, 2.24) is 19.2 Å². The highest BCUT2D eigenvalue weighted by atomic mass is 35.5. The maximum absolute atomic E-state index is 14.7. The van der Waals surface area contributed by atoms with Gasteiger partial charge in [-0.2, -0.15) is 5.10 Å². The molecule has 2 aromatic carbocycles. The van der Waals surface area contributed by atoms with Gasteiger partial charge in [0.25, 0.3) is 5.56 Å². The van der Waals surface area contributed by atoms with Crippen LogP contribution in [0.3, 0.4) is 0 Å². The van der Waals surface area contributed by atoms with Gasteiger partial charge in [0.1, 0.15) is 16.7 Å². The minimum atomic E-state index is -0.225. The number of nitrogens with zero attached hydrogens (tertiary/aromatic N) is 4. The molecule has 1 aliphatic heterocycles. The average molecular weight is 536 g/mol. The zero-order valence-corrected chi connectivity index (χ0v) is 22.2. The Bertz CT molecular complexity index is 1600. The lowest BCUT2D eigenvalue weighted by Gasteiger charge is -2.58. The van der Waals surface area contributed by atoms with Crippen molar-refractivity contribution >= 4 is 39.0 Å². The van der Waals surface area contributed by atoms with Gasteiger partial charge in [0.15, 0.2) is 0 Å². The SMILES string of the molecule is Cn1c(Cl)cc2c(OC3CC4(C3)CN(CCNc3cc5c(cnn5C5CCC5)cc3F)C4)cccc2c1=O. The molecular weight excluding hydrogens is 505 g/mol. The molecule has 0 bridgehead atoms. The van der Waals surface area contributed by atoms with Gasteiger partial charge < -0.3 is 19.5 Å². The summed E-state index contributed by atoms with van der Waals surface area (Å²) in [5.74, 6) is 0.497. The Labute approximate surface area is 225 Å². The van der Waals surface area contributed by atoms with Crippen LogP contribution in [0.5, 0.6) is 5.75 Å². The van der Waals surface area contributed by atoms with E-state index in [4.69, 9.17) is 16.3 Å². The van der Waals surface area contributed by atoms with E-state index in [1.807, 2.05) is 30.3 Å². The normalized spacial score (nSPS) is 19.4. The van der Waals surface area contributed by atoms with Crippen molar-refractivity contribution in [3.05, 3.63) is 63.9 Å². The molecule has 1 spiro atoms. The Balaban J connectivity index is 0.923. The molecule has 38 heavy (non-hydrogen) atoms. The predicted octanol–water partition coefficient (Wildman–Crippen LogP) is 5.36. The van der Waals surface area contributed by atoms with E-state index in [1.165, 1.54) is 11.0 Å². The maximum atomic E-state index is 14.7. The van der Waals surface area contributed by atoms with Crippen molar-refractivity contribution in [3.8, 4) is 5.75 Å². The molecule has 2 aromatic heterocycles. The Morgan fingerprint density at radius 2 is 2.00 bits per heavy atom. The molecule has 4 aromatic rings. The van der Waals surface area contributed by atoms with Crippen molar-refractivity contribution in [3.63, 3.8) is 0 Å². The molecule has 3 heterocycles. The fourth-order valence-electron chi connectivity index (χ4n) is 6.44. The summed E-state index contributed by atoms with van der Waals surface area (Å²) in [5, 5.41) is 10.5. The van der Waals surface area contributed by atoms with Crippen molar-refractivity contribution < 1.29 is 9.13 Å². The van der Waals surface area contributed by atoms with Crippen LogP contribution in [0, 0.1) is 11.2 Å². The molecule has 2 saturated carbocycles. The van der Waals surface area contributed by atoms with Gasteiger partial charge >= 0.3 is 0 Å². The predicted molar refractivity (Wildman–Crippen MR) is 148 cm³/mol. The number of anilines is 1. The summed E-state index contributed by atoms with van der Waals surface area (Å²) >= 11 is 6.25. The van der Waals surface area contributed by atoms with Gasteiger partial charge in [-0.1, -0.05) is 17.7 Å². The minimum Gasteiger partial charge on any atom is -0.490 e. The van der Waals surface area contributed by atoms with Crippen LogP contribution in [0.2, 0.25) is 5.15 Å². The molecule has 7 nitrogen and oxygen atoms in total. The smallest absolute Gasteiger partial charge is 0.259 e. The second-order valence-corrected chi connectivity index (χ2v) is 11.8. The average Bonchev–Trinajstić information content (AvgIpc) is 3.20. The van der Waals surface area contributed by atoms with Gasteiger partial charge in [0, 0.05) is 49.4 Å². The number of nitrogens with one attached hydrogen (secondary N) is 1. The second-order valence-electron chi connectivity index (χ2n) is 11.4. The lowest BCUT2D eigenvalue weighted by Crippen LogP contribution is -2.65. The molecule has 0 unspecified atom stereocenters. The van der Waals surface area contributed by atoms with Gasteiger partial charge in [-0.3, -0.25) is 9.48 Å². The molecule has 9 heteroatoms. The Morgan fingerprint density at radius 1 is 1.18 bits per heavy atom. The summed E-state index contributed by atoms with van der Waals surface area (Å²) < 4.78 is 24.5. The van der Waals surface area contributed by atoms with E-state index in [9.17, 15) is 9.18 Å². The van der Waals surface area contributed by atoms with E-state index in [-0.39, 0.29) is 17.5 Å². The number of ether oxygens (including phenoxy) is 1. The number of halogens is 2. The number of likely N-dealkylation sites (tertiary alicyclic amines) is 1. The molecule has 2 aliphatic carbocycles. The zero-order valence-electron chi connectivity index (χ0n) is 21.4. The Morgan fingerprint density at radius 3 is 2.76 bits per heavy atom. The fraction of sp³-hybridized carbons (Fsp3) is 0.448. The van der Waals surface area contributed by atoms with Crippen molar-refractivity contribution in [2.45, 2.75) is 44.2 Å². The van der Waals surface area contributed by atoms with E-state index < -0.39 is 0 Å². The lowest BCUT2D eigenvalue weighted by atomic mass is 9.62. The largest absolute Gasteiger partial charge is 0.490 e. The molecule has 3 fully saturated rings. The van der Waals surface area contributed by atoms with Crippen LogP contribution in [0.15, 0.2) is 47.4 Å². The number of fused-ring (bicyclic) bond motifs is 2. The fourth-order valence-corrected chi connectivity index (χ4v) is 6.62. The van der Waals surface area contributed by atoms with E-state index in [1.54, 1.807) is 19.3 Å². The molecule has 198 valence electrons. The molecular formula is C29H31ClFN5O2. The summed E-state index contributed by atoms with van der Waals surface area (Å²) in [7, 11) is 1.67. The molecule has 0 amide bonds. The van der Waals surface area contributed by atoms with Crippen LogP contribution >= 0.6 is 11.6 Å². The summed E-state index contributed by atoms with van der Waals surface area (Å²) in [6, 6.07) is 11.4. The molecule has 1 saturated heterocycles. The summed E-state index contributed by atoms with van der Waals surface area (Å²) in [4.78, 5) is 15.0. The number of pyridine rings is 1. The molecule has 0 radical (unpaired) electrons. The third-order valence-electron chi connectivity index (χ3n) is 8.77. The quantitative estimate of drug-likeness (QED) is 0.323. The van der Waals surface area contributed by atoms with Crippen molar-refractivity contribution in [1.29, 1.82) is 0 Å². The van der Waals surface area contributed by atoms with Crippen LogP contribution in [0.4, 0.5) is 10.1 Å². The molecule has 3 aliphatic rings. The first-order chi connectivity index (χ1) is 18.4. The first-order valence-corrected chi connectivity index (χ1v) is 13.8. The molecule has 0 atom stereocenters. The van der Waals surface area contributed by atoms with Gasteiger partial charge in [-0.05, 0) is 62.4 Å². The first-order valence-electron chi connectivity index (χ1n) is 13.5. The van der Waals surface area contributed by atoms with Gasteiger partial charge in [0.2, 0.25) is 0 Å². The topological polar surface area (TPSA) is 64.3 Å². The first kappa shape index (κ1) is 24.0. The summed E-state index contributed by atoms with van der Waals surface area (Å²) in [6.45, 7) is 3.64. The number of benzene rings is 2. The third-order valence-corrected chi connectivity index (χ3v) is 9.13. The lowest BCUT2D eigenvalue weighted by molar-refractivity contribution is -0.117. The van der Waals surface area contributed by atoms with Crippen LogP contribution in [0.1, 0.15) is 38.1 Å². The summed E-state index contributed by atoms with van der Waals surface area (Å²) in [5.41, 5.74) is 1.75. The number of aromatic nitrogens is 3. The maximum Gasteiger partial charge on any atom is 0.259 e. The van der Waals surface area contributed by atoms with E-state index in [0.29, 0.717) is 34.2 Å². The number of hydrogen-bond acceptors (Lipinski definition) is 5. The minimum absolute atomic E-state index is 0.116. The highest BCUT2D eigenvalue weighted by Gasteiger charge is 2.53. The van der Waals surface area contributed by atoms with Crippen LogP contribution < -0.4 is 15.6 Å². The summed E-state index contributed by atoms with van der Waals surface area (Å²) in [6.07, 6.45) is 7.45. The number of rotatable bonds is 7. The monoisotopic (exact) mass is 535 g/mol. The second kappa shape index (κ2) is 8.99. The molecule has 1 N–H and O–H groups in total. The van der Waals surface area contributed by atoms with E-state index in [2.05, 4.69) is 20.0 Å². The van der Waals surface area contributed by atoms with E-state index >= 15 is 0 Å². The van der Waals surface area contributed by atoms with Crippen molar-refractivity contribution in [2.24, 2.45) is 12.5 Å². The highest BCUT2D eigenvalue weighted by molar-refractivity contribution is 6.30. The Hall–Kier alpha value is -3.10. The van der Waals surface area contributed by atoms with Gasteiger partial charge in [-0.25, -0.2) is 4.39 Å². The van der Waals surface area contributed by atoms with Crippen LogP contribution in [0.25, 0.3) is 21.7 Å². The van der Waals surface area contributed by atoms with Gasteiger partial charge in [0.05, 0.1) is 34.9 Å².